The molecule has 0 radical (unpaired) electrons. The van der Waals surface area contributed by atoms with Gasteiger partial charge >= 0.3 is 5.51 Å². The van der Waals surface area contributed by atoms with Crippen LogP contribution in [0.1, 0.15) is 5.56 Å². The van der Waals surface area contributed by atoms with E-state index in [1.165, 1.54) is 0 Å². The third-order valence-electron chi connectivity index (χ3n) is 1.75. The molecule has 0 amide bonds. The van der Waals surface area contributed by atoms with Gasteiger partial charge in [-0.2, -0.15) is 13.2 Å². The second kappa shape index (κ2) is 5.17. The fraction of sp³-hybridized carbons (Fsp3) is 0.273. The Hall–Kier alpha value is -1.28. The van der Waals surface area contributed by atoms with Crippen LogP contribution in [0, 0.1) is 11.2 Å². The van der Waals surface area contributed by atoms with Crippen LogP contribution in [0.15, 0.2) is 24.3 Å². The van der Waals surface area contributed by atoms with E-state index in [0.29, 0.717) is 5.56 Å². The topological polar surface area (TPSA) is 3.24 Å². The van der Waals surface area contributed by atoms with Crippen molar-refractivity contribution in [2.45, 2.75) is 5.51 Å². The Morgan fingerprint density at radius 2 is 1.69 bits per heavy atom. The van der Waals surface area contributed by atoms with E-state index in [0.717, 1.165) is 5.69 Å². The van der Waals surface area contributed by atoms with E-state index < -0.39 is 5.51 Å². The van der Waals surface area contributed by atoms with Crippen LogP contribution in [0.4, 0.5) is 18.9 Å². The van der Waals surface area contributed by atoms with Gasteiger partial charge in [-0.3, -0.25) is 0 Å². The molecule has 1 rings (SSSR count). The average molecular weight is 245 g/mol. The molecule has 0 spiro atoms. The van der Waals surface area contributed by atoms with Crippen molar-refractivity contribution < 1.29 is 13.2 Å². The summed E-state index contributed by atoms with van der Waals surface area (Å²) >= 11 is -0.333. The Balaban J connectivity index is 2.69. The third kappa shape index (κ3) is 4.49. The van der Waals surface area contributed by atoms with Gasteiger partial charge in [-0.05, 0) is 29.5 Å². The molecule has 0 bridgehead atoms. The molecule has 0 heterocycles. The van der Waals surface area contributed by atoms with E-state index in [2.05, 4.69) is 5.92 Å². The van der Waals surface area contributed by atoms with Gasteiger partial charge in [-0.15, -0.1) is 0 Å². The molecular formula is C11H10F3NS. The van der Waals surface area contributed by atoms with Crippen LogP contribution in [-0.2, 0) is 0 Å². The molecule has 0 saturated carbocycles. The van der Waals surface area contributed by atoms with E-state index in [-0.39, 0.29) is 11.8 Å². The molecule has 1 nitrogen and oxygen atoms in total. The maximum Gasteiger partial charge on any atom is 0.453 e. The molecule has 0 saturated heterocycles. The molecule has 0 aliphatic carbocycles. The highest BCUT2D eigenvalue weighted by Gasteiger charge is 2.27. The fourth-order valence-corrected chi connectivity index (χ4v) is 1.27. The van der Waals surface area contributed by atoms with Crippen LogP contribution in [0.2, 0.25) is 0 Å². The SMILES string of the molecule is CN(C)c1ccc(C#CSC(F)(F)F)cc1. The van der Waals surface area contributed by atoms with Crippen molar-refractivity contribution in [1.29, 1.82) is 0 Å². The lowest BCUT2D eigenvalue weighted by Crippen LogP contribution is -2.07. The highest BCUT2D eigenvalue weighted by molar-refractivity contribution is 8.04. The van der Waals surface area contributed by atoms with Crippen molar-refractivity contribution in [3.63, 3.8) is 0 Å². The molecule has 86 valence electrons. The predicted molar refractivity (Wildman–Crippen MR) is 61.3 cm³/mol. The first-order valence-corrected chi connectivity index (χ1v) is 5.23. The largest absolute Gasteiger partial charge is 0.453 e. The normalized spacial score (nSPS) is 10.6. The summed E-state index contributed by atoms with van der Waals surface area (Å²) in [5, 5.41) is 2.02. The average Bonchev–Trinajstić information content (AvgIpc) is 2.16. The predicted octanol–water partition coefficient (Wildman–Crippen LogP) is 3.31. The lowest BCUT2D eigenvalue weighted by molar-refractivity contribution is -0.0318. The number of rotatable bonds is 1. The van der Waals surface area contributed by atoms with E-state index in [1.807, 2.05) is 36.4 Å². The number of hydrogen-bond donors (Lipinski definition) is 0. The van der Waals surface area contributed by atoms with Gasteiger partial charge in [0.1, 0.15) is 0 Å². The first-order chi connectivity index (χ1) is 7.38. The highest BCUT2D eigenvalue weighted by Crippen LogP contribution is 2.28. The lowest BCUT2D eigenvalue weighted by Gasteiger charge is -2.11. The summed E-state index contributed by atoms with van der Waals surface area (Å²) in [6.07, 6.45) is 0. The summed E-state index contributed by atoms with van der Waals surface area (Å²) in [5.74, 6) is 2.44. The Bertz CT molecular complexity index is 398. The maximum absolute atomic E-state index is 11.8. The van der Waals surface area contributed by atoms with Gasteiger partial charge < -0.3 is 4.90 Å². The molecule has 16 heavy (non-hydrogen) atoms. The van der Waals surface area contributed by atoms with Crippen LogP contribution < -0.4 is 4.90 Å². The monoisotopic (exact) mass is 245 g/mol. The quantitative estimate of drug-likeness (QED) is 0.698. The standard InChI is InChI=1S/C11H10F3NS/c1-15(2)10-5-3-9(4-6-10)7-8-16-11(12,13)14/h3-6H,1-2H3. The summed E-state index contributed by atoms with van der Waals surface area (Å²) in [7, 11) is 3.78. The van der Waals surface area contributed by atoms with Gasteiger partial charge in [-0.25, -0.2) is 0 Å². The Kier molecular flexibility index (Phi) is 4.13. The smallest absolute Gasteiger partial charge is 0.378 e. The Labute approximate surface area is 96.6 Å². The van der Waals surface area contributed by atoms with Crippen LogP contribution in [-0.4, -0.2) is 19.6 Å². The number of nitrogens with zero attached hydrogens (tertiary/aromatic N) is 1. The van der Waals surface area contributed by atoms with Crippen molar-refractivity contribution in [2.24, 2.45) is 0 Å². The zero-order valence-electron chi connectivity index (χ0n) is 8.80. The number of hydrogen-bond acceptors (Lipinski definition) is 2. The second-order valence-electron chi connectivity index (χ2n) is 3.22. The summed E-state index contributed by atoms with van der Waals surface area (Å²) in [4.78, 5) is 1.90. The minimum Gasteiger partial charge on any atom is -0.378 e. The Morgan fingerprint density at radius 3 is 2.12 bits per heavy atom. The first-order valence-electron chi connectivity index (χ1n) is 4.41. The zero-order valence-corrected chi connectivity index (χ0v) is 9.62. The van der Waals surface area contributed by atoms with E-state index >= 15 is 0 Å². The summed E-state index contributed by atoms with van der Waals surface area (Å²) < 4.78 is 35.3. The molecule has 5 heteroatoms. The van der Waals surface area contributed by atoms with Crippen molar-refractivity contribution >= 4 is 17.4 Å². The second-order valence-corrected chi connectivity index (χ2v) is 4.09. The minimum atomic E-state index is -4.30. The van der Waals surface area contributed by atoms with Crippen molar-refractivity contribution in [1.82, 2.24) is 0 Å². The van der Waals surface area contributed by atoms with Crippen molar-refractivity contribution in [3.05, 3.63) is 29.8 Å². The number of alkyl halides is 3. The Morgan fingerprint density at radius 1 is 1.12 bits per heavy atom. The van der Waals surface area contributed by atoms with Crippen molar-refractivity contribution in [3.8, 4) is 11.2 Å². The van der Waals surface area contributed by atoms with E-state index in [4.69, 9.17) is 0 Å². The molecule has 0 N–H and O–H groups in total. The van der Waals surface area contributed by atoms with Crippen LogP contribution in [0.5, 0.6) is 0 Å². The summed E-state index contributed by atoms with van der Waals surface area (Å²) in [5.41, 5.74) is -2.74. The van der Waals surface area contributed by atoms with Gasteiger partial charge in [-0.1, -0.05) is 5.92 Å². The molecular weight excluding hydrogens is 235 g/mol. The molecule has 0 aliphatic heterocycles. The van der Waals surface area contributed by atoms with Gasteiger partial charge in [0.25, 0.3) is 0 Å². The number of benzene rings is 1. The minimum absolute atomic E-state index is 0.333. The fourth-order valence-electron chi connectivity index (χ4n) is 0.985. The summed E-state index contributed by atoms with van der Waals surface area (Å²) in [6, 6.07) is 7.00. The van der Waals surface area contributed by atoms with Crippen LogP contribution >= 0.6 is 11.8 Å². The third-order valence-corrected chi connectivity index (χ3v) is 2.18. The molecule has 0 aromatic heterocycles. The van der Waals surface area contributed by atoms with Gasteiger partial charge in [0.15, 0.2) is 0 Å². The number of thioether (sulfide) groups is 1. The highest BCUT2D eigenvalue weighted by atomic mass is 32.2. The molecule has 0 aliphatic rings. The van der Waals surface area contributed by atoms with Crippen molar-refractivity contribution in [2.75, 3.05) is 19.0 Å². The van der Waals surface area contributed by atoms with E-state index in [9.17, 15) is 13.2 Å². The molecule has 0 fully saturated rings. The van der Waals surface area contributed by atoms with Crippen LogP contribution in [0.3, 0.4) is 0 Å². The molecule has 1 aromatic carbocycles. The van der Waals surface area contributed by atoms with Gasteiger partial charge in [0.2, 0.25) is 0 Å². The maximum atomic E-state index is 11.8. The summed E-state index contributed by atoms with van der Waals surface area (Å²) in [6.45, 7) is 0. The van der Waals surface area contributed by atoms with E-state index in [1.54, 1.807) is 12.1 Å². The zero-order chi connectivity index (χ0) is 12.2. The number of halogens is 3. The van der Waals surface area contributed by atoms with Crippen LogP contribution in [0.25, 0.3) is 0 Å². The number of anilines is 1. The molecule has 0 atom stereocenters. The lowest BCUT2D eigenvalue weighted by atomic mass is 10.2. The first kappa shape index (κ1) is 12.8. The van der Waals surface area contributed by atoms with Gasteiger partial charge in [0, 0.05) is 37.1 Å². The molecule has 0 unspecified atom stereocenters. The molecule has 1 aromatic rings. The van der Waals surface area contributed by atoms with Gasteiger partial charge in [0.05, 0.1) is 0 Å².